The minimum absolute atomic E-state index is 0.0945. The summed E-state index contributed by atoms with van der Waals surface area (Å²) in [6.45, 7) is 7.54. The molecule has 29 heavy (non-hydrogen) atoms. The highest BCUT2D eigenvalue weighted by Gasteiger charge is 2.39. The maximum Gasteiger partial charge on any atom is 0.255 e. The van der Waals surface area contributed by atoms with Crippen molar-refractivity contribution in [3.05, 3.63) is 34.9 Å². The largest absolute Gasteiger partial charge is 0.368 e. The van der Waals surface area contributed by atoms with E-state index in [9.17, 15) is 14.4 Å². The molecule has 0 aliphatic carbocycles. The van der Waals surface area contributed by atoms with Crippen LogP contribution in [0.4, 0.5) is 0 Å². The van der Waals surface area contributed by atoms with E-state index in [1.54, 1.807) is 4.90 Å². The molecule has 0 saturated carbocycles. The maximum absolute atomic E-state index is 12.9. The number of carbonyl (C=O) groups excluding carboxylic acids is 3. The lowest BCUT2D eigenvalue weighted by molar-refractivity contribution is -0.136. The zero-order valence-electron chi connectivity index (χ0n) is 16.9. The molecule has 156 valence electrons. The molecular formula is C21H28N4O4. The van der Waals surface area contributed by atoms with Gasteiger partial charge in [0.15, 0.2) is 0 Å². The zero-order valence-corrected chi connectivity index (χ0v) is 16.9. The van der Waals surface area contributed by atoms with Crippen LogP contribution in [0, 0.1) is 0 Å². The molecule has 3 aliphatic rings. The Bertz CT molecular complexity index is 838. The highest BCUT2D eigenvalue weighted by molar-refractivity contribution is 6.05. The molecule has 0 bridgehead atoms. The highest BCUT2D eigenvalue weighted by Crippen LogP contribution is 2.29. The summed E-state index contributed by atoms with van der Waals surface area (Å²) >= 11 is 0. The summed E-state index contributed by atoms with van der Waals surface area (Å²) in [7, 11) is 0. The molecule has 3 aliphatic heterocycles. The fraction of sp³-hybridized carbons (Fsp3) is 0.571. The van der Waals surface area contributed by atoms with E-state index in [1.165, 1.54) is 0 Å². The van der Waals surface area contributed by atoms with E-state index in [0.717, 1.165) is 24.2 Å². The van der Waals surface area contributed by atoms with Gasteiger partial charge in [-0.05, 0) is 37.5 Å². The van der Waals surface area contributed by atoms with Gasteiger partial charge in [0.2, 0.25) is 11.8 Å². The van der Waals surface area contributed by atoms with Crippen LogP contribution in [-0.2, 0) is 27.4 Å². The van der Waals surface area contributed by atoms with Crippen LogP contribution < -0.4 is 16.0 Å². The second-order valence-electron chi connectivity index (χ2n) is 8.60. The smallest absolute Gasteiger partial charge is 0.255 e. The van der Waals surface area contributed by atoms with Crippen molar-refractivity contribution in [3.8, 4) is 0 Å². The first-order valence-electron chi connectivity index (χ1n) is 10.2. The van der Waals surface area contributed by atoms with Gasteiger partial charge in [-0.3, -0.25) is 19.7 Å². The van der Waals surface area contributed by atoms with Crippen molar-refractivity contribution >= 4 is 17.7 Å². The average Bonchev–Trinajstić information content (AvgIpc) is 2.99. The maximum atomic E-state index is 12.9. The molecule has 3 N–H and O–H groups in total. The molecule has 0 aromatic heterocycles. The monoisotopic (exact) mass is 400 g/mol. The van der Waals surface area contributed by atoms with Gasteiger partial charge in [-0.1, -0.05) is 12.1 Å². The summed E-state index contributed by atoms with van der Waals surface area (Å²) in [5, 5.41) is 9.18. The van der Waals surface area contributed by atoms with E-state index in [-0.39, 0.29) is 35.8 Å². The summed E-state index contributed by atoms with van der Waals surface area (Å²) in [4.78, 5) is 38.1. The van der Waals surface area contributed by atoms with E-state index < -0.39 is 6.04 Å². The fourth-order valence-corrected chi connectivity index (χ4v) is 4.37. The van der Waals surface area contributed by atoms with Crippen LogP contribution in [0.25, 0.3) is 0 Å². The predicted molar refractivity (Wildman–Crippen MR) is 106 cm³/mol. The molecule has 3 heterocycles. The number of piperidine rings is 1. The molecule has 1 aromatic carbocycles. The minimum atomic E-state index is -0.586. The summed E-state index contributed by atoms with van der Waals surface area (Å²) in [6, 6.07) is 5.11. The lowest BCUT2D eigenvalue weighted by Crippen LogP contribution is -2.53. The van der Waals surface area contributed by atoms with Crippen LogP contribution in [0.3, 0.4) is 0 Å². The third-order valence-electron chi connectivity index (χ3n) is 5.77. The Hall–Kier alpha value is -2.29. The van der Waals surface area contributed by atoms with Gasteiger partial charge in [0.05, 0.1) is 11.7 Å². The van der Waals surface area contributed by atoms with Crippen LogP contribution in [0.15, 0.2) is 18.2 Å². The number of hydrogen-bond donors (Lipinski definition) is 3. The molecule has 1 unspecified atom stereocenters. The standard InChI is InChI=1S/C21H28N4O4/c1-21(2)12-23-10-14(29-21)9-22-8-13-4-3-5-15-16(13)11-25(20(15)28)17-6-7-18(26)24-19(17)27/h3-5,14,17,22-23H,6-12H2,1-2H3,(H,24,26,27)/t14-,17?/m0/s1. The van der Waals surface area contributed by atoms with Crippen molar-refractivity contribution in [3.63, 3.8) is 0 Å². The van der Waals surface area contributed by atoms with Crippen LogP contribution in [-0.4, -0.2) is 60.0 Å². The van der Waals surface area contributed by atoms with E-state index in [1.807, 2.05) is 18.2 Å². The fourth-order valence-electron chi connectivity index (χ4n) is 4.37. The van der Waals surface area contributed by atoms with Crippen LogP contribution in [0.1, 0.15) is 48.2 Å². The number of ether oxygens (including phenoxy) is 1. The number of fused-ring (bicyclic) bond motifs is 1. The molecule has 8 nitrogen and oxygen atoms in total. The Kier molecular flexibility index (Phi) is 5.42. The highest BCUT2D eigenvalue weighted by atomic mass is 16.5. The van der Waals surface area contributed by atoms with Gasteiger partial charge in [0, 0.05) is 44.7 Å². The summed E-state index contributed by atoms with van der Waals surface area (Å²) < 4.78 is 6.08. The summed E-state index contributed by atoms with van der Waals surface area (Å²) in [6.07, 6.45) is 0.730. The second kappa shape index (κ2) is 7.85. The topological polar surface area (TPSA) is 99.8 Å². The number of benzene rings is 1. The third kappa shape index (κ3) is 4.19. The van der Waals surface area contributed by atoms with Gasteiger partial charge >= 0.3 is 0 Å². The van der Waals surface area contributed by atoms with E-state index >= 15 is 0 Å². The molecule has 2 saturated heterocycles. The number of imide groups is 1. The molecule has 1 aromatic rings. The number of nitrogens with zero attached hydrogens (tertiary/aromatic N) is 1. The van der Waals surface area contributed by atoms with Crippen molar-refractivity contribution in [1.82, 2.24) is 20.9 Å². The first-order chi connectivity index (χ1) is 13.8. The molecule has 0 spiro atoms. The second-order valence-corrected chi connectivity index (χ2v) is 8.60. The minimum Gasteiger partial charge on any atom is -0.368 e. The predicted octanol–water partition coefficient (Wildman–Crippen LogP) is 0.304. The quantitative estimate of drug-likeness (QED) is 0.615. The number of rotatable bonds is 5. The van der Waals surface area contributed by atoms with E-state index in [4.69, 9.17) is 4.74 Å². The average molecular weight is 400 g/mol. The molecule has 2 fully saturated rings. The lowest BCUT2D eigenvalue weighted by atomic mass is 10.0. The SMILES string of the molecule is CC1(C)CNC[C@H](CNCc2cccc3c2CN(C2CCC(=O)NC2=O)C3=O)O1. The normalized spacial score (nSPS) is 26.4. The van der Waals surface area contributed by atoms with Crippen molar-refractivity contribution in [2.45, 2.75) is 57.5 Å². The van der Waals surface area contributed by atoms with Crippen molar-refractivity contribution in [2.75, 3.05) is 19.6 Å². The molecule has 2 atom stereocenters. The molecule has 8 heteroatoms. The van der Waals surface area contributed by atoms with Gasteiger partial charge in [-0.15, -0.1) is 0 Å². The lowest BCUT2D eigenvalue weighted by Gasteiger charge is -2.36. The number of hydrogen-bond acceptors (Lipinski definition) is 6. The molecular weight excluding hydrogens is 372 g/mol. The van der Waals surface area contributed by atoms with Crippen molar-refractivity contribution in [1.29, 1.82) is 0 Å². The first-order valence-corrected chi connectivity index (χ1v) is 10.2. The number of morpholine rings is 1. The first kappa shape index (κ1) is 20.0. The van der Waals surface area contributed by atoms with Crippen LogP contribution in [0.5, 0.6) is 0 Å². The van der Waals surface area contributed by atoms with Crippen LogP contribution >= 0.6 is 0 Å². The Morgan fingerprint density at radius 1 is 1.28 bits per heavy atom. The van der Waals surface area contributed by atoms with Crippen molar-refractivity contribution in [2.24, 2.45) is 0 Å². The summed E-state index contributed by atoms with van der Waals surface area (Å²) in [5.74, 6) is -0.799. The Morgan fingerprint density at radius 2 is 2.10 bits per heavy atom. The Morgan fingerprint density at radius 3 is 2.86 bits per heavy atom. The molecule has 0 radical (unpaired) electrons. The Labute approximate surface area is 170 Å². The molecule has 4 rings (SSSR count). The number of amides is 3. The van der Waals surface area contributed by atoms with Crippen molar-refractivity contribution < 1.29 is 19.1 Å². The zero-order chi connectivity index (χ0) is 20.6. The summed E-state index contributed by atoms with van der Waals surface area (Å²) in [5.41, 5.74) is 2.48. The van der Waals surface area contributed by atoms with Gasteiger partial charge in [-0.25, -0.2) is 0 Å². The van der Waals surface area contributed by atoms with Gasteiger partial charge < -0.3 is 20.3 Å². The van der Waals surface area contributed by atoms with Crippen LogP contribution in [0.2, 0.25) is 0 Å². The van der Waals surface area contributed by atoms with Gasteiger partial charge in [0.25, 0.3) is 5.91 Å². The van der Waals surface area contributed by atoms with Gasteiger partial charge in [-0.2, -0.15) is 0 Å². The number of carbonyl (C=O) groups is 3. The van der Waals surface area contributed by atoms with Gasteiger partial charge in [0.1, 0.15) is 6.04 Å². The van der Waals surface area contributed by atoms with E-state index in [0.29, 0.717) is 31.6 Å². The number of nitrogens with one attached hydrogen (secondary N) is 3. The van der Waals surface area contributed by atoms with E-state index in [2.05, 4.69) is 29.8 Å². The molecule has 3 amide bonds. The third-order valence-corrected chi connectivity index (χ3v) is 5.77. The Balaban J connectivity index is 1.40.